The first-order valence-electron chi connectivity index (χ1n) is 8.88. The summed E-state index contributed by atoms with van der Waals surface area (Å²) in [6, 6.07) is 8.28. The Balaban J connectivity index is 1.33. The molecule has 2 aliphatic heterocycles. The number of benzene rings is 1. The van der Waals surface area contributed by atoms with Gasteiger partial charge in [-0.15, -0.1) is 0 Å². The zero-order valence-corrected chi connectivity index (χ0v) is 14.6. The summed E-state index contributed by atoms with van der Waals surface area (Å²) in [5, 5.41) is 8.63. The van der Waals surface area contributed by atoms with E-state index in [1.807, 2.05) is 30.3 Å². The second kappa shape index (κ2) is 7.18. The predicted molar refractivity (Wildman–Crippen MR) is 93.4 cm³/mol. The molecule has 0 spiro atoms. The number of carbonyl (C=O) groups is 3. The summed E-state index contributed by atoms with van der Waals surface area (Å²) in [7, 11) is 0. The summed E-state index contributed by atoms with van der Waals surface area (Å²) in [6.07, 6.45) is 1.40. The normalized spacial score (nSPS) is 20.4. The van der Waals surface area contributed by atoms with Crippen molar-refractivity contribution in [3.8, 4) is 11.4 Å². The molecule has 3 heterocycles. The molecule has 1 atom stereocenters. The van der Waals surface area contributed by atoms with Gasteiger partial charge in [-0.05, 0) is 12.8 Å². The predicted octanol–water partition coefficient (Wildman–Crippen LogP) is 1.04. The van der Waals surface area contributed by atoms with Gasteiger partial charge in [-0.25, -0.2) is 4.79 Å². The maximum atomic E-state index is 12.4. The van der Waals surface area contributed by atoms with Crippen LogP contribution in [0.1, 0.15) is 31.1 Å². The molecule has 1 unspecified atom stereocenters. The SMILES string of the molecule is O=C1NC(=O)C(CC(=O)N2CCC(c3nc(-c4ccccc4)no3)CC2)N1. The summed E-state index contributed by atoms with van der Waals surface area (Å²) >= 11 is 0. The molecular weight excluding hydrogens is 350 g/mol. The van der Waals surface area contributed by atoms with E-state index in [9.17, 15) is 14.4 Å². The highest BCUT2D eigenvalue weighted by atomic mass is 16.5. The number of likely N-dealkylation sites (tertiary alicyclic amines) is 1. The van der Waals surface area contributed by atoms with Crippen molar-refractivity contribution in [3.05, 3.63) is 36.2 Å². The Bertz CT molecular complexity index is 858. The first kappa shape index (κ1) is 17.2. The molecule has 2 fully saturated rings. The van der Waals surface area contributed by atoms with Crippen LogP contribution in [0.25, 0.3) is 11.4 Å². The van der Waals surface area contributed by atoms with Crippen molar-refractivity contribution in [2.24, 2.45) is 0 Å². The Morgan fingerprint density at radius 1 is 1.19 bits per heavy atom. The molecule has 1 aromatic heterocycles. The second-order valence-electron chi connectivity index (χ2n) is 6.70. The van der Waals surface area contributed by atoms with Crippen LogP contribution < -0.4 is 10.6 Å². The van der Waals surface area contributed by atoms with Gasteiger partial charge in [-0.3, -0.25) is 14.9 Å². The van der Waals surface area contributed by atoms with Crippen LogP contribution in [0.3, 0.4) is 0 Å². The number of hydrogen-bond acceptors (Lipinski definition) is 6. The number of amides is 4. The van der Waals surface area contributed by atoms with Crippen LogP contribution in [0.4, 0.5) is 4.79 Å². The van der Waals surface area contributed by atoms with E-state index in [0.717, 1.165) is 5.56 Å². The molecule has 4 rings (SSSR count). The maximum Gasteiger partial charge on any atom is 0.322 e. The fourth-order valence-electron chi connectivity index (χ4n) is 3.39. The van der Waals surface area contributed by atoms with Gasteiger partial charge in [-0.1, -0.05) is 35.5 Å². The number of aromatic nitrogens is 2. The third-order valence-corrected chi connectivity index (χ3v) is 4.91. The first-order valence-corrected chi connectivity index (χ1v) is 8.88. The van der Waals surface area contributed by atoms with Gasteiger partial charge >= 0.3 is 6.03 Å². The van der Waals surface area contributed by atoms with E-state index in [0.29, 0.717) is 37.6 Å². The average Bonchev–Trinajstić information content (AvgIpc) is 3.29. The average molecular weight is 369 g/mol. The van der Waals surface area contributed by atoms with Gasteiger partial charge in [0.1, 0.15) is 6.04 Å². The molecule has 2 saturated heterocycles. The smallest absolute Gasteiger partial charge is 0.322 e. The van der Waals surface area contributed by atoms with Crippen LogP contribution in [0.15, 0.2) is 34.9 Å². The Morgan fingerprint density at radius 2 is 1.93 bits per heavy atom. The minimum atomic E-state index is -0.785. The fourth-order valence-corrected chi connectivity index (χ4v) is 3.39. The van der Waals surface area contributed by atoms with Crippen LogP contribution in [0.2, 0.25) is 0 Å². The lowest BCUT2D eigenvalue weighted by atomic mass is 9.96. The number of hydrogen-bond donors (Lipinski definition) is 2. The van der Waals surface area contributed by atoms with E-state index in [4.69, 9.17) is 4.52 Å². The highest BCUT2D eigenvalue weighted by Crippen LogP contribution is 2.28. The third kappa shape index (κ3) is 3.67. The molecule has 9 heteroatoms. The molecule has 4 amide bonds. The lowest BCUT2D eigenvalue weighted by molar-refractivity contribution is -0.134. The first-order chi connectivity index (χ1) is 13.1. The van der Waals surface area contributed by atoms with Crippen LogP contribution in [0.5, 0.6) is 0 Å². The Kier molecular flexibility index (Phi) is 4.57. The fraction of sp³-hybridized carbons (Fsp3) is 0.389. The van der Waals surface area contributed by atoms with Crippen LogP contribution in [0, 0.1) is 0 Å². The van der Waals surface area contributed by atoms with E-state index in [1.165, 1.54) is 0 Å². The van der Waals surface area contributed by atoms with E-state index in [1.54, 1.807) is 4.90 Å². The molecule has 0 radical (unpaired) electrons. The molecule has 2 aromatic rings. The summed E-state index contributed by atoms with van der Waals surface area (Å²) in [5.74, 6) is 0.651. The molecule has 0 bridgehead atoms. The third-order valence-electron chi connectivity index (χ3n) is 4.91. The lowest BCUT2D eigenvalue weighted by Crippen LogP contribution is -2.42. The van der Waals surface area contributed by atoms with Crippen molar-refractivity contribution in [3.63, 3.8) is 0 Å². The van der Waals surface area contributed by atoms with Crippen molar-refractivity contribution < 1.29 is 18.9 Å². The lowest BCUT2D eigenvalue weighted by Gasteiger charge is -2.30. The largest absolute Gasteiger partial charge is 0.343 e. The quantitative estimate of drug-likeness (QED) is 0.778. The molecule has 2 aliphatic rings. The van der Waals surface area contributed by atoms with E-state index < -0.39 is 18.0 Å². The monoisotopic (exact) mass is 369 g/mol. The Hall–Kier alpha value is -3.23. The van der Waals surface area contributed by atoms with Crippen molar-refractivity contribution in [1.29, 1.82) is 0 Å². The summed E-state index contributed by atoms with van der Waals surface area (Å²) < 4.78 is 5.42. The van der Waals surface area contributed by atoms with Crippen molar-refractivity contribution >= 4 is 17.8 Å². The highest BCUT2D eigenvalue weighted by molar-refractivity contribution is 6.05. The van der Waals surface area contributed by atoms with Gasteiger partial charge in [0.05, 0.1) is 6.42 Å². The summed E-state index contributed by atoms with van der Waals surface area (Å²) in [6.45, 7) is 1.10. The molecule has 0 aliphatic carbocycles. The zero-order valence-electron chi connectivity index (χ0n) is 14.6. The highest BCUT2D eigenvalue weighted by Gasteiger charge is 2.34. The van der Waals surface area contributed by atoms with Crippen LogP contribution in [-0.2, 0) is 9.59 Å². The minimum absolute atomic E-state index is 0.0268. The number of urea groups is 1. The number of rotatable bonds is 4. The van der Waals surface area contributed by atoms with E-state index in [-0.39, 0.29) is 18.2 Å². The number of piperidine rings is 1. The Labute approximate surface area is 155 Å². The zero-order chi connectivity index (χ0) is 18.8. The molecular formula is C18H19N5O4. The molecule has 27 heavy (non-hydrogen) atoms. The topological polar surface area (TPSA) is 117 Å². The molecule has 2 N–H and O–H groups in total. The molecule has 0 saturated carbocycles. The van der Waals surface area contributed by atoms with Gasteiger partial charge in [0.15, 0.2) is 0 Å². The molecule has 140 valence electrons. The minimum Gasteiger partial charge on any atom is -0.343 e. The van der Waals surface area contributed by atoms with Gasteiger partial charge in [-0.2, -0.15) is 4.98 Å². The van der Waals surface area contributed by atoms with Gasteiger partial charge in [0, 0.05) is 24.6 Å². The van der Waals surface area contributed by atoms with Crippen molar-refractivity contribution in [1.82, 2.24) is 25.7 Å². The van der Waals surface area contributed by atoms with Gasteiger partial charge < -0.3 is 14.7 Å². The summed E-state index contributed by atoms with van der Waals surface area (Å²) in [5.41, 5.74) is 0.900. The number of nitrogens with zero attached hydrogens (tertiary/aromatic N) is 3. The second-order valence-corrected chi connectivity index (χ2v) is 6.70. The van der Waals surface area contributed by atoms with Crippen molar-refractivity contribution in [2.75, 3.05) is 13.1 Å². The van der Waals surface area contributed by atoms with E-state index in [2.05, 4.69) is 20.8 Å². The van der Waals surface area contributed by atoms with Gasteiger partial charge in [0.2, 0.25) is 17.6 Å². The van der Waals surface area contributed by atoms with Crippen molar-refractivity contribution in [2.45, 2.75) is 31.2 Å². The number of carbonyl (C=O) groups excluding carboxylic acids is 3. The Morgan fingerprint density at radius 3 is 2.59 bits per heavy atom. The number of nitrogens with one attached hydrogen (secondary N) is 2. The number of imide groups is 1. The summed E-state index contributed by atoms with van der Waals surface area (Å²) in [4.78, 5) is 41.3. The molecule has 9 nitrogen and oxygen atoms in total. The van der Waals surface area contributed by atoms with Crippen LogP contribution in [-0.4, -0.2) is 52.0 Å². The van der Waals surface area contributed by atoms with Gasteiger partial charge in [0.25, 0.3) is 5.91 Å². The standard InChI is InChI=1S/C18H19N5O4/c24-14(10-13-16(25)21-18(26)19-13)23-8-6-12(7-9-23)17-20-15(22-27-17)11-4-2-1-3-5-11/h1-5,12-13H,6-10H2,(H2,19,21,25,26). The van der Waals surface area contributed by atoms with Crippen LogP contribution >= 0.6 is 0 Å². The molecule has 1 aromatic carbocycles. The maximum absolute atomic E-state index is 12.4. The van der Waals surface area contributed by atoms with E-state index >= 15 is 0 Å².